The maximum Gasteiger partial charge on any atom is 0.410 e. The summed E-state index contributed by atoms with van der Waals surface area (Å²) in [5.41, 5.74) is 12.7. The number of benzene rings is 2. The van der Waals surface area contributed by atoms with Gasteiger partial charge in [0.1, 0.15) is 16.8 Å². The molecule has 4 heterocycles. The number of carbonyl (C=O) groups is 3. The normalized spacial score (nSPS) is 18.2. The molecule has 0 saturated carbocycles. The van der Waals surface area contributed by atoms with Gasteiger partial charge in [0.15, 0.2) is 0 Å². The van der Waals surface area contributed by atoms with E-state index in [2.05, 4.69) is 96.7 Å². The van der Waals surface area contributed by atoms with Crippen LogP contribution in [-0.4, -0.2) is 116 Å². The Morgan fingerprint density at radius 2 is 0.971 bits per heavy atom. The van der Waals surface area contributed by atoms with Crippen LogP contribution in [0.1, 0.15) is 169 Å². The van der Waals surface area contributed by atoms with Gasteiger partial charge in [-0.1, -0.05) is 72.6 Å². The molecule has 4 fully saturated rings. The predicted octanol–water partition coefficient (Wildman–Crippen LogP) is 11.4. The number of nitrogens with two attached hydrogens (primary N) is 1. The van der Waals surface area contributed by atoms with Crippen molar-refractivity contribution < 1.29 is 38.2 Å². The Morgan fingerprint density at radius 3 is 1.35 bits per heavy atom. The maximum absolute atomic E-state index is 12.5. The smallest absolute Gasteiger partial charge is 0.410 e. The summed E-state index contributed by atoms with van der Waals surface area (Å²) in [6, 6.07) is 13.0. The Bertz CT molecular complexity index is 2010. The maximum atomic E-state index is 12.5. The van der Waals surface area contributed by atoms with E-state index < -0.39 is 16.8 Å². The lowest BCUT2D eigenvalue weighted by Gasteiger charge is -2.45. The number of halogens is 1. The fourth-order valence-corrected chi connectivity index (χ4v) is 9.52. The van der Waals surface area contributed by atoms with Crippen LogP contribution < -0.4 is 5.73 Å². The van der Waals surface area contributed by atoms with Crippen molar-refractivity contribution in [1.82, 2.24) is 19.6 Å². The molecular formula is C55H88BrN5O8. The third-order valence-corrected chi connectivity index (χ3v) is 14.7. The molecule has 4 saturated heterocycles. The molecule has 0 atom stereocenters. The van der Waals surface area contributed by atoms with Gasteiger partial charge in [0.25, 0.3) is 0 Å². The van der Waals surface area contributed by atoms with Gasteiger partial charge < -0.3 is 29.7 Å². The van der Waals surface area contributed by atoms with E-state index >= 15 is 0 Å². The molecule has 0 radical (unpaired) electrons. The van der Waals surface area contributed by atoms with Gasteiger partial charge in [-0.05, 0) is 181 Å². The van der Waals surface area contributed by atoms with E-state index in [1.54, 1.807) is 0 Å². The number of anilines is 1. The minimum absolute atomic E-state index is 0.145. The lowest BCUT2D eigenvalue weighted by molar-refractivity contribution is -0.191. The average molecular weight is 1030 g/mol. The lowest BCUT2D eigenvalue weighted by Crippen LogP contribution is -2.53. The molecule has 4 aliphatic rings. The molecule has 2 aromatic rings. The first kappa shape index (κ1) is 59.3. The van der Waals surface area contributed by atoms with Crippen LogP contribution in [-0.2, 0) is 48.1 Å². The molecule has 6 rings (SSSR count). The number of piperidine rings is 2. The molecule has 4 aliphatic heterocycles. The van der Waals surface area contributed by atoms with E-state index in [0.29, 0.717) is 18.3 Å². The summed E-state index contributed by atoms with van der Waals surface area (Å²) >= 11 is 3.37. The summed E-state index contributed by atoms with van der Waals surface area (Å²) in [5, 5.41) is 1.08. The summed E-state index contributed by atoms with van der Waals surface area (Å²) < 4.78 is 16.6. The number of likely N-dealkylation sites (tertiary alicyclic amines) is 4. The quantitative estimate of drug-likeness (QED) is 0.122. The van der Waals surface area contributed by atoms with E-state index in [0.717, 1.165) is 89.1 Å². The summed E-state index contributed by atoms with van der Waals surface area (Å²) in [6.07, 6.45) is 9.73. The van der Waals surface area contributed by atoms with Crippen molar-refractivity contribution in [2.24, 2.45) is 5.41 Å². The van der Waals surface area contributed by atoms with Gasteiger partial charge in [0.2, 0.25) is 0 Å². The first-order valence-electron chi connectivity index (χ1n) is 25.1. The molecule has 2 aromatic carbocycles. The van der Waals surface area contributed by atoms with Gasteiger partial charge in [-0.2, -0.15) is 9.59 Å². The summed E-state index contributed by atoms with van der Waals surface area (Å²) in [6.45, 7) is 35.0. The fourth-order valence-electron chi connectivity index (χ4n) is 9.52. The number of nitrogen functional groups attached to an aromatic ring is 1. The van der Waals surface area contributed by atoms with Crippen molar-refractivity contribution in [3.05, 3.63) is 64.2 Å². The zero-order valence-electron chi connectivity index (χ0n) is 44.9. The highest BCUT2D eigenvalue weighted by molar-refractivity contribution is 9.09. The number of alkyl halides is 1. The molecule has 0 unspecified atom stereocenters. The fraction of sp³-hybridized carbons (Fsp3) is 0.709. The van der Waals surface area contributed by atoms with Crippen LogP contribution in [0.4, 0.5) is 15.3 Å². The number of aryl methyl sites for hydroxylation is 3. The monoisotopic (exact) mass is 1030 g/mol. The van der Waals surface area contributed by atoms with E-state index in [1.165, 1.54) is 53.5 Å². The molecule has 14 heteroatoms. The number of carbonyl (C=O) groups excluding carboxylic acids is 5. The second kappa shape index (κ2) is 25.4. The highest BCUT2D eigenvalue weighted by Crippen LogP contribution is 2.41. The standard InChI is InChI=1S/C28H44N2O4.C21H33N3O2.C5H11Br.CO2/c1-21-9-10-23(22(19-21)11-12-24(31)33-26(2,3)4)20-30-16-8-13-28(30)14-17-29(18-15-28)25(32)34-27(5,6)7;1-16-6-7-17(18(22)14-16)15-24-11-5-8-21(24)9-12-23(13-10-21)19(25)26-20(2,3)4;1-5(2,3)4-6;2-1-3/h9-10,19H,8,11-18,20H2,1-7H3;6-7,14H,5,8-13,15,22H2,1-4H3;4H2,1-3H3;. The van der Waals surface area contributed by atoms with Gasteiger partial charge in [-0.25, -0.2) is 9.59 Å². The van der Waals surface area contributed by atoms with Crippen LogP contribution in [0, 0.1) is 19.3 Å². The molecule has 0 aromatic heterocycles. The highest BCUT2D eigenvalue weighted by Gasteiger charge is 2.46. The highest BCUT2D eigenvalue weighted by atomic mass is 79.9. The van der Waals surface area contributed by atoms with E-state index in [9.17, 15) is 14.4 Å². The number of hydrogen-bond acceptors (Lipinski definition) is 11. The number of esters is 1. The van der Waals surface area contributed by atoms with E-state index in [1.807, 2.05) is 72.1 Å². The number of nitrogens with zero attached hydrogens (tertiary/aromatic N) is 4. The van der Waals surface area contributed by atoms with Crippen molar-refractivity contribution in [2.75, 3.05) is 50.3 Å². The van der Waals surface area contributed by atoms with Crippen molar-refractivity contribution in [3.63, 3.8) is 0 Å². The van der Waals surface area contributed by atoms with Crippen molar-refractivity contribution in [1.29, 1.82) is 0 Å². The van der Waals surface area contributed by atoms with Crippen molar-refractivity contribution >= 4 is 45.9 Å². The predicted molar refractivity (Wildman–Crippen MR) is 278 cm³/mol. The number of ether oxygens (including phenoxy) is 3. The van der Waals surface area contributed by atoms with Crippen LogP contribution in [0.3, 0.4) is 0 Å². The number of rotatable bonds is 7. The molecular weight excluding hydrogens is 939 g/mol. The Labute approximate surface area is 424 Å². The van der Waals surface area contributed by atoms with Crippen molar-refractivity contribution in [3.8, 4) is 0 Å². The zero-order chi connectivity index (χ0) is 52.0. The Hall–Kier alpha value is -3.97. The summed E-state index contributed by atoms with van der Waals surface area (Å²) in [5.74, 6) is -0.146. The summed E-state index contributed by atoms with van der Waals surface area (Å²) in [4.78, 5) is 62.4. The third-order valence-electron chi connectivity index (χ3n) is 13.0. The van der Waals surface area contributed by atoms with Gasteiger partial charge in [0.05, 0.1) is 0 Å². The SMILES string of the molecule is CC(C)(C)CBr.Cc1ccc(CN2CCCC23CCN(C(=O)OC(C)(C)C)CC3)c(CCC(=O)OC(C)(C)C)c1.Cc1ccc(CN2CCCC23CCN(C(=O)OC(C)(C)C)CC3)c(N)c1.O=C=O. The first-order chi connectivity index (χ1) is 31.9. The molecule has 0 bridgehead atoms. The number of hydrogen-bond donors (Lipinski definition) is 1. The van der Waals surface area contributed by atoms with Gasteiger partial charge >= 0.3 is 24.3 Å². The van der Waals surface area contributed by atoms with Crippen LogP contribution in [0.2, 0.25) is 0 Å². The first-order valence-corrected chi connectivity index (χ1v) is 26.2. The largest absolute Gasteiger partial charge is 0.460 e. The number of amides is 2. The molecule has 2 N–H and O–H groups in total. The summed E-state index contributed by atoms with van der Waals surface area (Å²) in [7, 11) is 0. The van der Waals surface area contributed by atoms with Crippen LogP contribution >= 0.6 is 15.9 Å². The second-order valence-corrected chi connectivity index (χ2v) is 24.3. The molecule has 13 nitrogen and oxygen atoms in total. The lowest BCUT2D eigenvalue weighted by atomic mass is 9.84. The average Bonchev–Trinajstić information content (AvgIpc) is 3.80. The minimum Gasteiger partial charge on any atom is -0.460 e. The van der Waals surface area contributed by atoms with Gasteiger partial charge in [0, 0.05) is 67.8 Å². The molecule has 0 aliphatic carbocycles. The second-order valence-electron chi connectivity index (χ2n) is 23.8. The molecule has 69 heavy (non-hydrogen) atoms. The van der Waals surface area contributed by atoms with E-state index in [4.69, 9.17) is 29.5 Å². The van der Waals surface area contributed by atoms with Crippen molar-refractivity contribution in [2.45, 2.75) is 202 Å². The topological polar surface area (TPSA) is 152 Å². The van der Waals surface area contributed by atoms with Gasteiger partial charge in [-0.3, -0.25) is 14.6 Å². The Balaban J connectivity index is 0.000000318. The Kier molecular flexibility index (Phi) is 21.9. The third kappa shape index (κ3) is 20.0. The van der Waals surface area contributed by atoms with Crippen LogP contribution in [0.5, 0.6) is 0 Å². The van der Waals surface area contributed by atoms with E-state index in [-0.39, 0.29) is 35.4 Å². The molecule has 388 valence electrons. The minimum atomic E-state index is -0.466. The molecule has 2 amide bonds. The van der Waals surface area contributed by atoms with Crippen LogP contribution in [0.25, 0.3) is 0 Å². The molecule has 2 spiro atoms. The van der Waals surface area contributed by atoms with Crippen LogP contribution in [0.15, 0.2) is 36.4 Å². The zero-order valence-corrected chi connectivity index (χ0v) is 46.5. The van der Waals surface area contributed by atoms with Gasteiger partial charge in [-0.15, -0.1) is 0 Å². The Morgan fingerprint density at radius 1 is 0.594 bits per heavy atom.